The molecule has 2 aromatic carbocycles. The minimum absolute atomic E-state index is 0.198. The Kier molecular flexibility index (Phi) is 7.21. The lowest BCUT2D eigenvalue weighted by atomic mass is 10.1. The Hall–Kier alpha value is -2.82. The van der Waals surface area contributed by atoms with Crippen LogP contribution in [0.4, 0.5) is 5.69 Å². The van der Waals surface area contributed by atoms with Gasteiger partial charge < -0.3 is 15.4 Å². The van der Waals surface area contributed by atoms with E-state index in [1.807, 2.05) is 45.0 Å². The number of anilines is 1. The molecule has 0 bridgehead atoms. The molecule has 26 heavy (non-hydrogen) atoms. The molecule has 0 spiro atoms. The van der Waals surface area contributed by atoms with E-state index in [0.717, 1.165) is 12.0 Å². The van der Waals surface area contributed by atoms with Crippen molar-refractivity contribution >= 4 is 17.5 Å². The number of rotatable bonds is 8. The number of benzene rings is 2. The van der Waals surface area contributed by atoms with Crippen LogP contribution >= 0.6 is 0 Å². The van der Waals surface area contributed by atoms with Gasteiger partial charge in [-0.05, 0) is 43.5 Å². The number of hydrogen-bond acceptors (Lipinski definition) is 3. The summed E-state index contributed by atoms with van der Waals surface area (Å²) in [6.45, 7) is 6.41. The van der Waals surface area contributed by atoms with Crippen molar-refractivity contribution in [2.45, 2.75) is 39.7 Å². The predicted octanol–water partition coefficient (Wildman–Crippen LogP) is 3.93. The number of para-hydroxylation sites is 2. The Balaban J connectivity index is 2.13. The smallest absolute Gasteiger partial charge is 0.265 e. The zero-order valence-electron chi connectivity index (χ0n) is 15.5. The molecular formula is C21H26N2O3. The quantitative estimate of drug-likeness (QED) is 0.755. The van der Waals surface area contributed by atoms with Crippen molar-refractivity contribution in [3.05, 3.63) is 59.7 Å². The highest BCUT2D eigenvalue weighted by atomic mass is 16.5. The molecule has 2 N–H and O–H groups in total. The van der Waals surface area contributed by atoms with Gasteiger partial charge in [-0.25, -0.2) is 0 Å². The molecule has 0 saturated heterocycles. The van der Waals surface area contributed by atoms with Gasteiger partial charge in [0.2, 0.25) is 0 Å². The van der Waals surface area contributed by atoms with Crippen molar-refractivity contribution in [3.63, 3.8) is 0 Å². The van der Waals surface area contributed by atoms with Crippen molar-refractivity contribution in [1.82, 2.24) is 5.32 Å². The lowest BCUT2D eigenvalue weighted by Gasteiger charge is -2.19. The van der Waals surface area contributed by atoms with E-state index in [-0.39, 0.29) is 11.8 Å². The minimum Gasteiger partial charge on any atom is -0.480 e. The van der Waals surface area contributed by atoms with Crippen LogP contribution in [0.5, 0.6) is 5.75 Å². The lowest BCUT2D eigenvalue weighted by Crippen LogP contribution is -2.33. The van der Waals surface area contributed by atoms with Crippen LogP contribution in [-0.2, 0) is 4.79 Å². The molecule has 2 rings (SSSR count). The summed E-state index contributed by atoms with van der Waals surface area (Å²) in [6.07, 6.45) is 0.732. The Labute approximate surface area is 154 Å². The van der Waals surface area contributed by atoms with Crippen LogP contribution in [0.2, 0.25) is 0 Å². The van der Waals surface area contributed by atoms with Gasteiger partial charge >= 0.3 is 0 Å². The molecule has 0 fully saturated rings. The van der Waals surface area contributed by atoms with Gasteiger partial charge in [-0.1, -0.05) is 44.2 Å². The van der Waals surface area contributed by atoms with Crippen molar-refractivity contribution < 1.29 is 14.3 Å². The van der Waals surface area contributed by atoms with Gasteiger partial charge in [0.05, 0.1) is 11.3 Å². The van der Waals surface area contributed by atoms with Crippen LogP contribution in [0.1, 0.15) is 42.6 Å². The van der Waals surface area contributed by atoms with Crippen molar-refractivity contribution in [3.8, 4) is 5.75 Å². The summed E-state index contributed by atoms with van der Waals surface area (Å²) in [5.74, 6) is 0.214. The average Bonchev–Trinajstić information content (AvgIpc) is 2.65. The predicted molar refractivity (Wildman–Crippen MR) is 104 cm³/mol. The Morgan fingerprint density at radius 2 is 1.73 bits per heavy atom. The molecule has 0 radical (unpaired) electrons. The molecule has 5 nitrogen and oxygen atoms in total. The van der Waals surface area contributed by atoms with E-state index in [0.29, 0.717) is 30.0 Å². The summed E-state index contributed by atoms with van der Waals surface area (Å²) in [5, 5.41) is 5.67. The molecule has 0 aliphatic heterocycles. The normalized spacial score (nSPS) is 11.5. The molecule has 0 aliphatic rings. The van der Waals surface area contributed by atoms with E-state index in [2.05, 4.69) is 10.6 Å². The first-order valence-electron chi connectivity index (χ1n) is 8.97. The fourth-order valence-corrected chi connectivity index (χ4v) is 2.50. The lowest BCUT2D eigenvalue weighted by molar-refractivity contribution is -0.122. The van der Waals surface area contributed by atoms with Crippen LogP contribution in [0, 0.1) is 6.92 Å². The number of nitrogens with one attached hydrogen (secondary N) is 2. The molecule has 138 valence electrons. The number of carbonyl (C=O) groups excluding carboxylic acids is 2. The zero-order valence-corrected chi connectivity index (χ0v) is 15.5. The Bertz CT molecular complexity index is 758. The number of amides is 2. The van der Waals surface area contributed by atoms with E-state index in [4.69, 9.17) is 4.74 Å². The minimum atomic E-state index is -0.636. The second-order valence-corrected chi connectivity index (χ2v) is 6.07. The number of aryl methyl sites for hydroxylation is 1. The van der Waals surface area contributed by atoms with Crippen LogP contribution < -0.4 is 15.4 Å². The first kappa shape index (κ1) is 19.5. The third-order valence-electron chi connectivity index (χ3n) is 3.99. The van der Waals surface area contributed by atoms with E-state index in [1.165, 1.54) is 0 Å². The highest BCUT2D eigenvalue weighted by Crippen LogP contribution is 2.20. The number of hydrogen-bond donors (Lipinski definition) is 2. The highest BCUT2D eigenvalue weighted by molar-refractivity contribution is 6.04. The molecule has 1 atom stereocenters. The third kappa shape index (κ3) is 5.09. The maximum Gasteiger partial charge on any atom is 0.265 e. The number of carbonyl (C=O) groups is 2. The second-order valence-electron chi connectivity index (χ2n) is 6.07. The van der Waals surface area contributed by atoms with Gasteiger partial charge in [0.25, 0.3) is 11.8 Å². The SMILES string of the molecule is CCCNC(=O)c1ccccc1NC(=O)C(CC)Oc1ccccc1C. The van der Waals surface area contributed by atoms with Gasteiger partial charge in [-0.3, -0.25) is 9.59 Å². The maximum atomic E-state index is 12.7. The van der Waals surface area contributed by atoms with Gasteiger partial charge in [0.15, 0.2) is 6.10 Å². The van der Waals surface area contributed by atoms with Crippen molar-refractivity contribution in [2.75, 3.05) is 11.9 Å². The maximum absolute atomic E-state index is 12.7. The Morgan fingerprint density at radius 3 is 2.42 bits per heavy atom. The van der Waals surface area contributed by atoms with Crippen LogP contribution in [0.3, 0.4) is 0 Å². The standard InChI is InChI=1S/C21H26N2O3/c1-4-14-22-20(24)16-11-7-8-12-17(16)23-21(25)18(5-2)26-19-13-9-6-10-15(19)3/h6-13,18H,4-5,14H2,1-3H3,(H,22,24)(H,23,25). The molecule has 2 amide bonds. The van der Waals surface area contributed by atoms with Crippen LogP contribution in [0.25, 0.3) is 0 Å². The molecule has 0 saturated carbocycles. The molecule has 0 heterocycles. The van der Waals surface area contributed by atoms with E-state index in [9.17, 15) is 9.59 Å². The largest absolute Gasteiger partial charge is 0.480 e. The summed E-state index contributed by atoms with van der Waals surface area (Å²) >= 11 is 0. The molecular weight excluding hydrogens is 328 g/mol. The molecule has 2 aromatic rings. The van der Waals surface area contributed by atoms with Crippen LogP contribution in [-0.4, -0.2) is 24.5 Å². The van der Waals surface area contributed by atoms with Gasteiger partial charge in [-0.15, -0.1) is 0 Å². The summed E-state index contributed by atoms with van der Waals surface area (Å²) in [7, 11) is 0. The molecule has 0 aromatic heterocycles. The highest BCUT2D eigenvalue weighted by Gasteiger charge is 2.21. The van der Waals surface area contributed by atoms with E-state index in [1.54, 1.807) is 24.3 Å². The van der Waals surface area contributed by atoms with E-state index < -0.39 is 6.10 Å². The summed E-state index contributed by atoms with van der Waals surface area (Å²) in [5.41, 5.74) is 1.90. The Morgan fingerprint density at radius 1 is 1.04 bits per heavy atom. The van der Waals surface area contributed by atoms with Gasteiger partial charge in [0, 0.05) is 6.54 Å². The second kappa shape index (κ2) is 9.61. The molecule has 5 heteroatoms. The van der Waals surface area contributed by atoms with Crippen LogP contribution in [0.15, 0.2) is 48.5 Å². The number of ether oxygens (including phenoxy) is 1. The monoisotopic (exact) mass is 354 g/mol. The van der Waals surface area contributed by atoms with Crippen molar-refractivity contribution in [1.29, 1.82) is 0 Å². The topological polar surface area (TPSA) is 67.4 Å². The summed E-state index contributed by atoms with van der Waals surface area (Å²) < 4.78 is 5.88. The zero-order chi connectivity index (χ0) is 18.9. The van der Waals surface area contributed by atoms with Gasteiger partial charge in [-0.2, -0.15) is 0 Å². The van der Waals surface area contributed by atoms with E-state index >= 15 is 0 Å². The summed E-state index contributed by atoms with van der Waals surface area (Å²) in [6, 6.07) is 14.6. The van der Waals surface area contributed by atoms with Gasteiger partial charge in [0.1, 0.15) is 5.75 Å². The third-order valence-corrected chi connectivity index (χ3v) is 3.99. The average molecular weight is 354 g/mol. The first-order valence-corrected chi connectivity index (χ1v) is 8.97. The summed E-state index contributed by atoms with van der Waals surface area (Å²) in [4.78, 5) is 25.0. The molecule has 1 unspecified atom stereocenters. The first-order chi connectivity index (χ1) is 12.6. The molecule has 0 aliphatic carbocycles. The van der Waals surface area contributed by atoms with Crippen molar-refractivity contribution in [2.24, 2.45) is 0 Å². The fraction of sp³-hybridized carbons (Fsp3) is 0.333. The fourth-order valence-electron chi connectivity index (χ4n) is 2.50.